The fourth-order valence-electron chi connectivity index (χ4n) is 1.49. The standard InChI is InChI=1S/C12H10BrFO2/c13-10-4-3-9(14)6-8(10)7-11(15)12-2-1-5-16-12/h1-6,11,15H,7H2. The highest BCUT2D eigenvalue weighted by molar-refractivity contribution is 9.10. The molecule has 0 radical (unpaired) electrons. The van der Waals surface area contributed by atoms with Gasteiger partial charge in [0.2, 0.25) is 0 Å². The van der Waals surface area contributed by atoms with Crippen LogP contribution >= 0.6 is 15.9 Å². The van der Waals surface area contributed by atoms with Crippen LogP contribution in [0.3, 0.4) is 0 Å². The van der Waals surface area contributed by atoms with Gasteiger partial charge in [-0.05, 0) is 35.9 Å². The summed E-state index contributed by atoms with van der Waals surface area (Å²) in [6.45, 7) is 0. The molecule has 1 heterocycles. The Kier molecular flexibility index (Phi) is 3.41. The molecule has 1 aromatic heterocycles. The van der Waals surface area contributed by atoms with Gasteiger partial charge in [-0.1, -0.05) is 15.9 Å². The van der Waals surface area contributed by atoms with Gasteiger partial charge in [0.25, 0.3) is 0 Å². The van der Waals surface area contributed by atoms with Gasteiger partial charge in [0, 0.05) is 10.9 Å². The molecule has 1 unspecified atom stereocenters. The van der Waals surface area contributed by atoms with Crippen LogP contribution < -0.4 is 0 Å². The van der Waals surface area contributed by atoms with Crippen molar-refractivity contribution in [3.05, 3.63) is 58.2 Å². The molecule has 16 heavy (non-hydrogen) atoms. The van der Waals surface area contributed by atoms with Crippen LogP contribution in [-0.4, -0.2) is 5.11 Å². The number of rotatable bonds is 3. The lowest BCUT2D eigenvalue weighted by Crippen LogP contribution is -2.01. The molecule has 0 bridgehead atoms. The summed E-state index contributed by atoms with van der Waals surface area (Å²) >= 11 is 3.31. The van der Waals surface area contributed by atoms with E-state index in [1.165, 1.54) is 18.4 Å². The van der Waals surface area contributed by atoms with Gasteiger partial charge < -0.3 is 9.52 Å². The Morgan fingerprint density at radius 1 is 1.38 bits per heavy atom. The minimum absolute atomic E-state index is 0.311. The van der Waals surface area contributed by atoms with Gasteiger partial charge in [-0.25, -0.2) is 4.39 Å². The fraction of sp³-hybridized carbons (Fsp3) is 0.167. The summed E-state index contributed by atoms with van der Waals surface area (Å²) in [5.41, 5.74) is 0.712. The Bertz CT molecular complexity index is 468. The van der Waals surface area contributed by atoms with E-state index in [0.29, 0.717) is 17.7 Å². The quantitative estimate of drug-likeness (QED) is 0.937. The molecule has 2 nitrogen and oxygen atoms in total. The highest BCUT2D eigenvalue weighted by Gasteiger charge is 2.13. The highest BCUT2D eigenvalue weighted by atomic mass is 79.9. The third-order valence-electron chi connectivity index (χ3n) is 2.29. The molecule has 2 rings (SSSR count). The van der Waals surface area contributed by atoms with E-state index in [1.807, 2.05) is 0 Å². The molecule has 0 aliphatic rings. The summed E-state index contributed by atoms with van der Waals surface area (Å²) < 4.78 is 18.9. The average Bonchev–Trinajstić information content (AvgIpc) is 2.76. The molecule has 1 N–H and O–H groups in total. The van der Waals surface area contributed by atoms with Crippen LogP contribution in [0.1, 0.15) is 17.4 Å². The van der Waals surface area contributed by atoms with Crippen LogP contribution in [-0.2, 0) is 6.42 Å². The van der Waals surface area contributed by atoms with Crippen molar-refractivity contribution in [3.63, 3.8) is 0 Å². The predicted octanol–water partition coefficient (Wildman–Crippen LogP) is 3.46. The molecular formula is C12H10BrFO2. The molecule has 0 saturated heterocycles. The second-order valence-corrected chi connectivity index (χ2v) is 4.33. The van der Waals surface area contributed by atoms with Crippen molar-refractivity contribution in [3.8, 4) is 0 Å². The lowest BCUT2D eigenvalue weighted by Gasteiger charge is -2.09. The molecule has 0 spiro atoms. The molecule has 4 heteroatoms. The van der Waals surface area contributed by atoms with Crippen LogP contribution in [0.5, 0.6) is 0 Å². The Balaban J connectivity index is 2.17. The largest absolute Gasteiger partial charge is 0.467 e. The zero-order valence-electron chi connectivity index (χ0n) is 8.36. The summed E-state index contributed by atoms with van der Waals surface area (Å²) in [5.74, 6) is 0.168. The van der Waals surface area contributed by atoms with Crippen LogP contribution in [0.25, 0.3) is 0 Å². The van der Waals surface area contributed by atoms with E-state index in [9.17, 15) is 9.50 Å². The maximum absolute atomic E-state index is 13.0. The smallest absolute Gasteiger partial charge is 0.132 e. The highest BCUT2D eigenvalue weighted by Crippen LogP contribution is 2.24. The molecule has 84 valence electrons. The normalized spacial score (nSPS) is 12.7. The predicted molar refractivity (Wildman–Crippen MR) is 61.5 cm³/mol. The molecule has 1 aromatic carbocycles. The van der Waals surface area contributed by atoms with Crippen LogP contribution in [0.15, 0.2) is 45.5 Å². The Morgan fingerprint density at radius 2 is 2.19 bits per heavy atom. The summed E-state index contributed by atoms with van der Waals surface area (Å²) in [5, 5.41) is 9.84. The molecular weight excluding hydrogens is 275 g/mol. The van der Waals surface area contributed by atoms with Crippen LogP contribution in [0.2, 0.25) is 0 Å². The van der Waals surface area contributed by atoms with Gasteiger partial charge in [-0.3, -0.25) is 0 Å². The van der Waals surface area contributed by atoms with Gasteiger partial charge in [-0.2, -0.15) is 0 Å². The van der Waals surface area contributed by atoms with E-state index in [0.717, 1.165) is 4.47 Å². The molecule has 1 atom stereocenters. The minimum Gasteiger partial charge on any atom is -0.467 e. The first-order valence-electron chi connectivity index (χ1n) is 4.82. The monoisotopic (exact) mass is 284 g/mol. The summed E-state index contributed by atoms with van der Waals surface area (Å²) in [4.78, 5) is 0. The number of aliphatic hydroxyl groups excluding tert-OH is 1. The average molecular weight is 285 g/mol. The SMILES string of the molecule is OC(Cc1cc(F)ccc1Br)c1ccco1. The van der Waals surface area contributed by atoms with Crippen molar-refractivity contribution in [2.75, 3.05) is 0 Å². The van der Waals surface area contributed by atoms with Gasteiger partial charge >= 0.3 is 0 Å². The zero-order chi connectivity index (χ0) is 11.5. The van der Waals surface area contributed by atoms with E-state index in [1.54, 1.807) is 18.2 Å². The third kappa shape index (κ3) is 2.51. The van der Waals surface area contributed by atoms with E-state index in [-0.39, 0.29) is 5.82 Å². The second-order valence-electron chi connectivity index (χ2n) is 3.47. The van der Waals surface area contributed by atoms with E-state index < -0.39 is 6.10 Å². The molecule has 0 amide bonds. The number of hydrogen-bond donors (Lipinski definition) is 1. The Hall–Kier alpha value is -1.13. The van der Waals surface area contributed by atoms with Crippen molar-refractivity contribution in [2.45, 2.75) is 12.5 Å². The maximum Gasteiger partial charge on any atom is 0.132 e. The number of hydrogen-bond acceptors (Lipinski definition) is 2. The van der Waals surface area contributed by atoms with Gasteiger partial charge in [0.15, 0.2) is 0 Å². The Labute approximate surface area is 101 Å². The van der Waals surface area contributed by atoms with Gasteiger partial charge in [0.1, 0.15) is 17.7 Å². The van der Waals surface area contributed by atoms with Gasteiger partial charge in [0.05, 0.1) is 6.26 Å². The van der Waals surface area contributed by atoms with Crippen molar-refractivity contribution in [2.24, 2.45) is 0 Å². The van der Waals surface area contributed by atoms with E-state index in [2.05, 4.69) is 15.9 Å². The van der Waals surface area contributed by atoms with Crippen molar-refractivity contribution < 1.29 is 13.9 Å². The molecule has 0 fully saturated rings. The number of benzene rings is 1. The summed E-state index contributed by atoms with van der Waals surface area (Å²) in [6.07, 6.45) is 1.05. The zero-order valence-corrected chi connectivity index (χ0v) is 9.95. The topological polar surface area (TPSA) is 33.4 Å². The van der Waals surface area contributed by atoms with Crippen molar-refractivity contribution in [1.82, 2.24) is 0 Å². The van der Waals surface area contributed by atoms with Crippen molar-refractivity contribution in [1.29, 1.82) is 0 Å². The molecule has 0 aliphatic heterocycles. The van der Waals surface area contributed by atoms with E-state index in [4.69, 9.17) is 4.42 Å². The summed E-state index contributed by atoms with van der Waals surface area (Å²) in [7, 11) is 0. The number of halogens is 2. The first-order valence-corrected chi connectivity index (χ1v) is 5.61. The van der Waals surface area contributed by atoms with Crippen molar-refractivity contribution >= 4 is 15.9 Å². The maximum atomic E-state index is 13.0. The first kappa shape index (κ1) is 11.4. The fourth-order valence-corrected chi connectivity index (χ4v) is 1.90. The molecule has 2 aromatic rings. The van der Waals surface area contributed by atoms with Crippen LogP contribution in [0.4, 0.5) is 4.39 Å². The number of furan rings is 1. The third-order valence-corrected chi connectivity index (χ3v) is 3.07. The number of aliphatic hydroxyl groups is 1. The molecule has 0 aliphatic carbocycles. The summed E-state index contributed by atoms with van der Waals surface area (Å²) in [6, 6.07) is 7.79. The lowest BCUT2D eigenvalue weighted by molar-refractivity contribution is 0.150. The van der Waals surface area contributed by atoms with Crippen LogP contribution in [0, 0.1) is 5.82 Å². The Morgan fingerprint density at radius 3 is 2.88 bits per heavy atom. The minimum atomic E-state index is -0.756. The first-order chi connectivity index (χ1) is 7.66. The molecule has 0 saturated carbocycles. The second kappa shape index (κ2) is 4.80. The van der Waals surface area contributed by atoms with E-state index >= 15 is 0 Å². The van der Waals surface area contributed by atoms with Gasteiger partial charge in [-0.15, -0.1) is 0 Å². The lowest BCUT2D eigenvalue weighted by atomic mass is 10.1.